The number of hydrogen-bond donors (Lipinski definition) is 3. The molecule has 36 heavy (non-hydrogen) atoms. The van der Waals surface area contributed by atoms with E-state index in [1.807, 2.05) is 4.90 Å². The molecule has 10 heteroatoms. The summed E-state index contributed by atoms with van der Waals surface area (Å²) in [5.74, 6) is -0.627. The maximum atomic E-state index is 14.3. The molecule has 196 valence electrons. The monoisotopic (exact) mass is 501 g/mol. The SMILES string of the molecule is COCC(F)CN(CCCCc1ccc2c(n1)NCCC2)CCC(NC(=O)c1ccncc1)C(=O)O. The first-order valence-corrected chi connectivity index (χ1v) is 12.5. The Morgan fingerprint density at radius 3 is 2.78 bits per heavy atom. The number of amides is 1. The lowest BCUT2D eigenvalue weighted by Crippen LogP contribution is -2.44. The van der Waals surface area contributed by atoms with E-state index in [9.17, 15) is 19.1 Å². The summed E-state index contributed by atoms with van der Waals surface area (Å²) >= 11 is 0. The highest BCUT2D eigenvalue weighted by atomic mass is 19.1. The number of aliphatic carboxylic acids is 1. The van der Waals surface area contributed by atoms with Crippen LogP contribution in [-0.4, -0.2) is 84.0 Å². The third-order valence-electron chi connectivity index (χ3n) is 6.19. The third kappa shape index (κ3) is 8.83. The van der Waals surface area contributed by atoms with Crippen LogP contribution < -0.4 is 10.6 Å². The molecule has 2 unspecified atom stereocenters. The van der Waals surface area contributed by atoms with E-state index in [0.717, 1.165) is 50.2 Å². The number of unbranched alkanes of at least 4 members (excludes halogenated alkanes) is 1. The van der Waals surface area contributed by atoms with Gasteiger partial charge in [0, 0.05) is 50.4 Å². The van der Waals surface area contributed by atoms with Gasteiger partial charge in [-0.25, -0.2) is 14.2 Å². The number of nitrogens with zero attached hydrogens (tertiary/aromatic N) is 3. The van der Waals surface area contributed by atoms with Crippen molar-refractivity contribution < 1.29 is 23.8 Å². The Hall–Kier alpha value is -3.11. The Kier molecular flexibility index (Phi) is 11.0. The van der Waals surface area contributed by atoms with Crippen LogP contribution in [0.4, 0.5) is 10.2 Å². The van der Waals surface area contributed by atoms with Gasteiger partial charge in [0.15, 0.2) is 0 Å². The Morgan fingerprint density at radius 1 is 1.22 bits per heavy atom. The van der Waals surface area contributed by atoms with Crippen LogP contribution in [0.2, 0.25) is 0 Å². The van der Waals surface area contributed by atoms with E-state index in [2.05, 4.69) is 27.8 Å². The van der Waals surface area contributed by atoms with Crippen molar-refractivity contribution in [3.8, 4) is 0 Å². The molecule has 0 saturated heterocycles. The molecule has 3 rings (SSSR count). The van der Waals surface area contributed by atoms with Gasteiger partial charge >= 0.3 is 5.97 Å². The van der Waals surface area contributed by atoms with E-state index >= 15 is 0 Å². The summed E-state index contributed by atoms with van der Waals surface area (Å²) in [4.78, 5) is 34.7. The van der Waals surface area contributed by atoms with Gasteiger partial charge in [0.05, 0.1) is 6.61 Å². The second kappa shape index (κ2) is 14.4. The number of carboxylic acid groups (broad SMARTS) is 1. The molecule has 1 amide bonds. The molecule has 9 nitrogen and oxygen atoms in total. The second-order valence-electron chi connectivity index (χ2n) is 9.04. The van der Waals surface area contributed by atoms with Crippen LogP contribution in [0.1, 0.15) is 47.3 Å². The maximum absolute atomic E-state index is 14.3. The van der Waals surface area contributed by atoms with Gasteiger partial charge in [-0.3, -0.25) is 9.78 Å². The molecule has 1 aliphatic rings. The third-order valence-corrected chi connectivity index (χ3v) is 6.19. The average molecular weight is 502 g/mol. The van der Waals surface area contributed by atoms with Crippen LogP contribution in [0.15, 0.2) is 36.7 Å². The van der Waals surface area contributed by atoms with Crippen molar-refractivity contribution in [3.63, 3.8) is 0 Å². The van der Waals surface area contributed by atoms with Crippen LogP contribution in [0.25, 0.3) is 0 Å². The minimum Gasteiger partial charge on any atom is -0.480 e. The average Bonchev–Trinajstić information content (AvgIpc) is 2.89. The molecule has 0 fully saturated rings. The van der Waals surface area contributed by atoms with Crippen LogP contribution in [0.5, 0.6) is 0 Å². The number of fused-ring (bicyclic) bond motifs is 1. The van der Waals surface area contributed by atoms with Crippen molar-refractivity contribution >= 4 is 17.7 Å². The molecule has 2 aromatic heterocycles. The van der Waals surface area contributed by atoms with Gasteiger partial charge in [-0.15, -0.1) is 0 Å². The van der Waals surface area contributed by atoms with E-state index in [0.29, 0.717) is 18.7 Å². The fraction of sp³-hybridized carbons (Fsp3) is 0.538. The lowest BCUT2D eigenvalue weighted by Gasteiger charge is -2.25. The predicted molar refractivity (Wildman–Crippen MR) is 135 cm³/mol. The largest absolute Gasteiger partial charge is 0.480 e. The van der Waals surface area contributed by atoms with Gasteiger partial charge in [0.1, 0.15) is 18.0 Å². The number of methoxy groups -OCH3 is 1. The van der Waals surface area contributed by atoms with E-state index in [1.54, 1.807) is 0 Å². The first kappa shape index (κ1) is 27.5. The number of hydrogen-bond acceptors (Lipinski definition) is 7. The van der Waals surface area contributed by atoms with E-state index in [1.165, 1.54) is 37.2 Å². The summed E-state index contributed by atoms with van der Waals surface area (Å²) in [6.45, 7) is 2.00. The fourth-order valence-corrected chi connectivity index (χ4v) is 4.27. The molecule has 0 spiro atoms. The highest BCUT2D eigenvalue weighted by Crippen LogP contribution is 2.20. The zero-order valence-corrected chi connectivity index (χ0v) is 20.8. The number of anilines is 1. The summed E-state index contributed by atoms with van der Waals surface area (Å²) in [6, 6.07) is 6.17. The summed E-state index contributed by atoms with van der Waals surface area (Å²) in [6.07, 6.45) is 6.61. The van der Waals surface area contributed by atoms with Crippen LogP contribution >= 0.6 is 0 Å². The number of pyridine rings is 2. The number of carboxylic acids is 1. The van der Waals surface area contributed by atoms with E-state index in [-0.39, 0.29) is 19.6 Å². The second-order valence-corrected chi connectivity index (χ2v) is 9.04. The van der Waals surface area contributed by atoms with Crippen molar-refractivity contribution in [2.75, 3.05) is 45.2 Å². The number of nitrogens with one attached hydrogen (secondary N) is 2. The van der Waals surface area contributed by atoms with Crippen LogP contribution in [-0.2, 0) is 22.4 Å². The van der Waals surface area contributed by atoms with Crippen LogP contribution in [0, 0.1) is 0 Å². The summed E-state index contributed by atoms with van der Waals surface area (Å²) in [5.41, 5.74) is 2.62. The molecular weight excluding hydrogens is 465 g/mol. The molecule has 2 aromatic rings. The molecule has 3 heterocycles. The van der Waals surface area contributed by atoms with Gasteiger partial charge in [-0.1, -0.05) is 6.07 Å². The number of carbonyl (C=O) groups is 2. The Labute approximate surface area is 211 Å². The molecule has 1 aliphatic heterocycles. The van der Waals surface area contributed by atoms with Gasteiger partial charge < -0.3 is 25.4 Å². The molecule has 0 aromatic carbocycles. The maximum Gasteiger partial charge on any atom is 0.326 e. The number of alkyl halides is 1. The normalized spacial score (nSPS) is 14.5. The first-order valence-electron chi connectivity index (χ1n) is 12.5. The molecule has 0 bridgehead atoms. The Balaban J connectivity index is 1.51. The van der Waals surface area contributed by atoms with Gasteiger partial charge in [-0.05, 0) is 68.8 Å². The lowest BCUT2D eigenvalue weighted by atomic mass is 10.1. The molecule has 2 atom stereocenters. The van der Waals surface area contributed by atoms with Crippen molar-refractivity contribution in [1.29, 1.82) is 0 Å². The smallest absolute Gasteiger partial charge is 0.326 e. The van der Waals surface area contributed by atoms with Crippen LogP contribution in [0.3, 0.4) is 0 Å². The van der Waals surface area contributed by atoms with Gasteiger partial charge in [-0.2, -0.15) is 0 Å². The van der Waals surface area contributed by atoms with E-state index < -0.39 is 24.1 Å². The quantitative estimate of drug-likeness (QED) is 0.319. The summed E-state index contributed by atoms with van der Waals surface area (Å²) < 4.78 is 19.3. The minimum atomic E-state index is -1.18. The number of carbonyl (C=O) groups excluding carboxylic acids is 1. The van der Waals surface area contributed by atoms with Crippen molar-refractivity contribution in [2.45, 2.75) is 50.7 Å². The molecule has 0 aliphatic carbocycles. The minimum absolute atomic E-state index is 0.0241. The number of aryl methyl sites for hydroxylation is 2. The Morgan fingerprint density at radius 2 is 2.03 bits per heavy atom. The molecule has 0 saturated carbocycles. The standard InChI is InChI=1S/C26H36FN5O4/c1-36-18-21(27)17-32(15-3-2-6-22-8-7-19-5-4-12-29-24(19)30-22)16-11-23(26(34)35)31-25(33)20-9-13-28-14-10-20/h7-10,13-14,21,23H,2-6,11-12,15-18H2,1H3,(H,29,30)(H,31,33)(H,34,35). The number of halogens is 1. The zero-order valence-electron chi connectivity index (χ0n) is 20.8. The molecule has 3 N–H and O–H groups in total. The van der Waals surface area contributed by atoms with Crippen molar-refractivity contribution in [2.24, 2.45) is 0 Å². The highest BCUT2D eigenvalue weighted by Gasteiger charge is 2.23. The fourth-order valence-electron chi connectivity index (χ4n) is 4.27. The number of aromatic nitrogens is 2. The predicted octanol–water partition coefficient (Wildman–Crippen LogP) is 2.72. The number of rotatable bonds is 15. The topological polar surface area (TPSA) is 117 Å². The molecular formula is C26H36FN5O4. The first-order chi connectivity index (χ1) is 17.5. The highest BCUT2D eigenvalue weighted by molar-refractivity contribution is 5.96. The molecule has 0 radical (unpaired) electrons. The lowest BCUT2D eigenvalue weighted by molar-refractivity contribution is -0.139. The summed E-state index contributed by atoms with van der Waals surface area (Å²) in [5, 5.41) is 15.5. The van der Waals surface area contributed by atoms with Crippen molar-refractivity contribution in [1.82, 2.24) is 20.2 Å². The zero-order chi connectivity index (χ0) is 25.8. The number of ether oxygens (including phenoxy) is 1. The summed E-state index contributed by atoms with van der Waals surface area (Å²) in [7, 11) is 1.45. The van der Waals surface area contributed by atoms with Gasteiger partial charge in [0.2, 0.25) is 0 Å². The Bertz CT molecular complexity index is 978. The van der Waals surface area contributed by atoms with E-state index in [4.69, 9.17) is 9.72 Å². The van der Waals surface area contributed by atoms with Gasteiger partial charge in [0.25, 0.3) is 5.91 Å². The van der Waals surface area contributed by atoms with Crippen molar-refractivity contribution in [3.05, 3.63) is 53.5 Å².